The van der Waals surface area contributed by atoms with E-state index in [-0.39, 0.29) is 18.1 Å². The molecule has 1 aromatic heterocycles. The molecule has 0 aromatic carbocycles. The van der Waals surface area contributed by atoms with Gasteiger partial charge in [-0.2, -0.15) is 0 Å². The van der Waals surface area contributed by atoms with Crippen molar-refractivity contribution in [1.29, 1.82) is 0 Å². The Morgan fingerprint density at radius 3 is 2.75 bits per heavy atom. The molecule has 0 aliphatic rings. The fraction of sp³-hybridized carbons (Fsp3) is 0.556. The minimum absolute atomic E-state index is 0.128. The standard InChI is InChI=1S/C9H16N2O4S/c1-11-4-3-9(5-11)16(13,14)10-8(6-12)7-15-2/h3-5,8,10,12H,6-7H2,1-2H3. The summed E-state index contributed by atoms with van der Waals surface area (Å²) in [7, 11) is -0.406. The minimum Gasteiger partial charge on any atom is -0.395 e. The molecule has 1 heterocycles. The van der Waals surface area contributed by atoms with Crippen molar-refractivity contribution in [1.82, 2.24) is 9.29 Å². The molecular formula is C9H16N2O4S. The normalized spacial score (nSPS) is 13.9. The molecule has 2 N–H and O–H groups in total. The molecule has 6 nitrogen and oxygen atoms in total. The van der Waals surface area contributed by atoms with Gasteiger partial charge in [0.2, 0.25) is 10.0 Å². The molecule has 0 saturated carbocycles. The van der Waals surface area contributed by atoms with Gasteiger partial charge in [0.05, 0.1) is 24.2 Å². The van der Waals surface area contributed by atoms with Crippen molar-refractivity contribution in [2.45, 2.75) is 10.9 Å². The monoisotopic (exact) mass is 248 g/mol. The van der Waals surface area contributed by atoms with Crippen molar-refractivity contribution in [2.24, 2.45) is 7.05 Å². The first-order valence-corrected chi connectivity index (χ1v) is 6.22. The second-order valence-corrected chi connectivity index (χ2v) is 5.18. The highest BCUT2D eigenvalue weighted by atomic mass is 32.2. The van der Waals surface area contributed by atoms with E-state index in [1.165, 1.54) is 19.4 Å². The van der Waals surface area contributed by atoms with Crippen LogP contribution in [0, 0.1) is 0 Å². The lowest BCUT2D eigenvalue weighted by Crippen LogP contribution is -2.40. The molecule has 1 aromatic rings. The molecule has 0 aliphatic heterocycles. The van der Waals surface area contributed by atoms with E-state index in [0.717, 1.165) is 0 Å². The van der Waals surface area contributed by atoms with E-state index in [0.29, 0.717) is 0 Å². The van der Waals surface area contributed by atoms with Gasteiger partial charge < -0.3 is 14.4 Å². The van der Waals surface area contributed by atoms with Gasteiger partial charge in [0.15, 0.2) is 0 Å². The number of aromatic nitrogens is 1. The van der Waals surface area contributed by atoms with Crippen molar-refractivity contribution in [3.63, 3.8) is 0 Å². The third-order valence-corrected chi connectivity index (χ3v) is 3.53. The van der Waals surface area contributed by atoms with Crippen molar-refractivity contribution in [3.05, 3.63) is 18.5 Å². The highest BCUT2D eigenvalue weighted by molar-refractivity contribution is 7.89. The summed E-state index contributed by atoms with van der Waals surface area (Å²) >= 11 is 0. The van der Waals surface area contributed by atoms with E-state index in [1.54, 1.807) is 17.8 Å². The molecule has 1 unspecified atom stereocenters. The zero-order valence-corrected chi connectivity index (χ0v) is 10.1. The number of aliphatic hydroxyl groups excluding tert-OH is 1. The number of nitrogens with one attached hydrogen (secondary N) is 1. The molecule has 0 saturated heterocycles. The molecule has 1 atom stereocenters. The summed E-state index contributed by atoms with van der Waals surface area (Å²) in [4.78, 5) is 0.171. The van der Waals surface area contributed by atoms with Crippen LogP contribution in [0.2, 0.25) is 0 Å². The summed E-state index contributed by atoms with van der Waals surface area (Å²) in [6, 6.07) is 0.860. The van der Waals surface area contributed by atoms with Gasteiger partial charge in [-0.1, -0.05) is 0 Å². The third-order valence-electron chi connectivity index (χ3n) is 2.03. The number of methoxy groups -OCH3 is 1. The molecular weight excluding hydrogens is 232 g/mol. The number of ether oxygens (including phenoxy) is 1. The Balaban J connectivity index is 2.78. The van der Waals surface area contributed by atoms with E-state index >= 15 is 0 Å². The van der Waals surface area contributed by atoms with Gasteiger partial charge in [-0.15, -0.1) is 0 Å². The zero-order chi connectivity index (χ0) is 12.2. The van der Waals surface area contributed by atoms with Crippen LogP contribution < -0.4 is 4.72 Å². The minimum atomic E-state index is -3.58. The van der Waals surface area contributed by atoms with Crippen LogP contribution in [0.3, 0.4) is 0 Å². The van der Waals surface area contributed by atoms with E-state index in [4.69, 9.17) is 9.84 Å². The molecule has 92 valence electrons. The molecule has 0 bridgehead atoms. The molecule has 0 fully saturated rings. The van der Waals surface area contributed by atoms with Crippen LogP contribution in [-0.2, 0) is 21.8 Å². The number of nitrogens with zero attached hydrogens (tertiary/aromatic N) is 1. The quantitative estimate of drug-likeness (QED) is 0.698. The van der Waals surface area contributed by atoms with Crippen molar-refractivity contribution < 1.29 is 18.3 Å². The Labute approximate surface area is 94.9 Å². The van der Waals surface area contributed by atoms with Crippen molar-refractivity contribution >= 4 is 10.0 Å². The Morgan fingerprint density at radius 2 is 2.31 bits per heavy atom. The number of hydrogen-bond donors (Lipinski definition) is 2. The Hall–Kier alpha value is -0.890. The largest absolute Gasteiger partial charge is 0.395 e. The van der Waals surface area contributed by atoms with Gasteiger partial charge in [-0.3, -0.25) is 0 Å². The Bertz CT molecular complexity index is 426. The second kappa shape index (κ2) is 5.44. The lowest BCUT2D eigenvalue weighted by molar-refractivity contribution is 0.139. The predicted octanol–water partition coefficient (Wildman–Crippen LogP) is -0.689. The smallest absolute Gasteiger partial charge is 0.242 e. The van der Waals surface area contributed by atoms with Crippen LogP contribution in [0.5, 0.6) is 0 Å². The van der Waals surface area contributed by atoms with Crippen LogP contribution in [0.25, 0.3) is 0 Å². The first-order chi connectivity index (χ1) is 7.49. The molecule has 7 heteroatoms. The molecule has 1 rings (SSSR count). The fourth-order valence-electron chi connectivity index (χ4n) is 1.25. The summed E-state index contributed by atoms with van der Waals surface area (Å²) in [5.41, 5.74) is 0. The third kappa shape index (κ3) is 3.31. The number of sulfonamides is 1. The van der Waals surface area contributed by atoms with E-state index in [9.17, 15) is 8.42 Å². The maximum absolute atomic E-state index is 11.8. The fourth-order valence-corrected chi connectivity index (χ4v) is 2.51. The molecule has 0 spiro atoms. The van der Waals surface area contributed by atoms with Crippen LogP contribution in [0.4, 0.5) is 0 Å². The first-order valence-electron chi connectivity index (χ1n) is 4.73. The zero-order valence-electron chi connectivity index (χ0n) is 9.25. The Morgan fingerprint density at radius 1 is 1.62 bits per heavy atom. The topological polar surface area (TPSA) is 80.6 Å². The van der Waals surface area contributed by atoms with Crippen molar-refractivity contribution in [2.75, 3.05) is 20.3 Å². The van der Waals surface area contributed by atoms with Gasteiger partial charge in [0, 0.05) is 26.6 Å². The highest BCUT2D eigenvalue weighted by Crippen LogP contribution is 2.08. The summed E-state index contributed by atoms with van der Waals surface area (Å²) in [5, 5.41) is 8.96. The summed E-state index contributed by atoms with van der Waals surface area (Å²) in [6.45, 7) is -0.178. The van der Waals surface area contributed by atoms with Gasteiger partial charge in [0.1, 0.15) is 0 Å². The van der Waals surface area contributed by atoms with Crippen LogP contribution in [0.15, 0.2) is 23.4 Å². The maximum Gasteiger partial charge on any atom is 0.242 e. The first kappa shape index (κ1) is 13.2. The summed E-state index contributed by atoms with van der Waals surface area (Å²) in [6.07, 6.45) is 3.13. The van der Waals surface area contributed by atoms with Crippen LogP contribution in [-0.4, -0.2) is 44.5 Å². The van der Waals surface area contributed by atoms with Gasteiger partial charge in [-0.05, 0) is 6.07 Å². The summed E-state index contributed by atoms with van der Waals surface area (Å²) < 4.78 is 32.4. The predicted molar refractivity (Wildman–Crippen MR) is 58.5 cm³/mol. The van der Waals surface area contributed by atoms with Crippen LogP contribution >= 0.6 is 0 Å². The van der Waals surface area contributed by atoms with E-state index in [2.05, 4.69) is 4.72 Å². The lowest BCUT2D eigenvalue weighted by Gasteiger charge is -2.14. The van der Waals surface area contributed by atoms with E-state index < -0.39 is 16.1 Å². The molecule has 16 heavy (non-hydrogen) atoms. The SMILES string of the molecule is COCC(CO)NS(=O)(=O)c1ccn(C)c1. The van der Waals surface area contributed by atoms with E-state index in [1.807, 2.05) is 0 Å². The van der Waals surface area contributed by atoms with Gasteiger partial charge in [0.25, 0.3) is 0 Å². The van der Waals surface area contributed by atoms with Crippen molar-refractivity contribution in [3.8, 4) is 0 Å². The molecule has 0 amide bonds. The summed E-state index contributed by atoms with van der Waals surface area (Å²) in [5.74, 6) is 0. The average Bonchev–Trinajstić information content (AvgIpc) is 2.64. The maximum atomic E-state index is 11.8. The highest BCUT2D eigenvalue weighted by Gasteiger charge is 2.20. The number of aryl methyl sites for hydroxylation is 1. The van der Waals surface area contributed by atoms with Crippen LogP contribution in [0.1, 0.15) is 0 Å². The Kier molecular flexibility index (Phi) is 4.48. The molecule has 0 aliphatic carbocycles. The lowest BCUT2D eigenvalue weighted by atomic mass is 10.4. The average molecular weight is 248 g/mol. The number of hydrogen-bond acceptors (Lipinski definition) is 4. The second-order valence-electron chi connectivity index (χ2n) is 3.47. The van der Waals surface area contributed by atoms with Gasteiger partial charge >= 0.3 is 0 Å². The number of aliphatic hydroxyl groups is 1. The number of rotatable bonds is 6. The molecule has 0 radical (unpaired) electrons. The van der Waals surface area contributed by atoms with Gasteiger partial charge in [-0.25, -0.2) is 13.1 Å².